The molecule has 2 aliphatic heterocycles. The number of rotatable bonds is 4. The van der Waals surface area contributed by atoms with Gasteiger partial charge < -0.3 is 14.2 Å². The maximum absolute atomic E-state index is 5.83. The van der Waals surface area contributed by atoms with Crippen LogP contribution in [0.15, 0.2) is 36.7 Å². The van der Waals surface area contributed by atoms with Crippen molar-refractivity contribution in [3.05, 3.63) is 42.2 Å². The first-order chi connectivity index (χ1) is 13.7. The van der Waals surface area contributed by atoms with Crippen molar-refractivity contribution >= 4 is 22.4 Å². The van der Waals surface area contributed by atoms with Crippen LogP contribution in [0.1, 0.15) is 5.56 Å². The van der Waals surface area contributed by atoms with Gasteiger partial charge in [0.15, 0.2) is 0 Å². The Morgan fingerprint density at radius 3 is 2.82 bits per heavy atom. The number of nitrogens with one attached hydrogen (secondary N) is 1. The summed E-state index contributed by atoms with van der Waals surface area (Å²) in [6.07, 6.45) is 5.07. The molecule has 0 bridgehead atoms. The third-order valence-corrected chi connectivity index (χ3v) is 5.64. The Morgan fingerprint density at radius 2 is 1.96 bits per heavy atom. The number of fused-ring (bicyclic) bond motifs is 2. The van der Waals surface area contributed by atoms with Crippen LogP contribution in [-0.4, -0.2) is 54.5 Å². The number of hydroxylamine groups is 2. The van der Waals surface area contributed by atoms with Gasteiger partial charge in [0.05, 0.1) is 37.4 Å². The molecule has 0 amide bonds. The zero-order valence-corrected chi connectivity index (χ0v) is 16.3. The number of morpholine rings is 1. The van der Waals surface area contributed by atoms with Crippen LogP contribution in [0.2, 0.25) is 0 Å². The second-order valence-corrected chi connectivity index (χ2v) is 7.46. The predicted octanol–water partition coefficient (Wildman–Crippen LogP) is 2.82. The van der Waals surface area contributed by atoms with Crippen LogP contribution in [0.4, 0.5) is 11.4 Å². The molecule has 1 N–H and O–H groups in total. The highest BCUT2D eigenvalue weighted by Crippen LogP contribution is 2.38. The van der Waals surface area contributed by atoms with E-state index in [1.54, 1.807) is 0 Å². The van der Waals surface area contributed by atoms with E-state index in [0.29, 0.717) is 13.2 Å². The Balaban J connectivity index is 1.53. The molecule has 146 valence electrons. The van der Waals surface area contributed by atoms with E-state index in [9.17, 15) is 0 Å². The fraction of sp³-hybridized carbons (Fsp3) is 0.381. The van der Waals surface area contributed by atoms with Crippen molar-refractivity contribution in [2.45, 2.75) is 6.42 Å². The lowest BCUT2D eigenvalue weighted by atomic mass is 10.0. The summed E-state index contributed by atoms with van der Waals surface area (Å²) >= 11 is 0. The molecule has 1 saturated heterocycles. The van der Waals surface area contributed by atoms with Gasteiger partial charge in [0, 0.05) is 44.3 Å². The minimum atomic E-state index is 0.687. The summed E-state index contributed by atoms with van der Waals surface area (Å²) in [5, 5.41) is 2.96. The minimum absolute atomic E-state index is 0.687. The van der Waals surface area contributed by atoms with Crippen molar-refractivity contribution in [1.82, 2.24) is 14.6 Å². The van der Waals surface area contributed by atoms with Gasteiger partial charge in [-0.3, -0.25) is 0 Å². The zero-order valence-electron chi connectivity index (χ0n) is 16.3. The van der Waals surface area contributed by atoms with E-state index in [2.05, 4.69) is 51.4 Å². The molecule has 0 radical (unpaired) electrons. The summed E-state index contributed by atoms with van der Waals surface area (Å²) in [6, 6.07) is 8.72. The predicted molar refractivity (Wildman–Crippen MR) is 110 cm³/mol. The van der Waals surface area contributed by atoms with Gasteiger partial charge in [-0.1, -0.05) is 12.1 Å². The van der Waals surface area contributed by atoms with Gasteiger partial charge in [0.1, 0.15) is 5.65 Å². The molecule has 1 fully saturated rings. The first-order valence-corrected chi connectivity index (χ1v) is 9.75. The van der Waals surface area contributed by atoms with E-state index >= 15 is 0 Å². The maximum Gasteiger partial charge on any atom is 0.142 e. The minimum Gasteiger partial charge on any atom is -0.379 e. The van der Waals surface area contributed by atoms with Gasteiger partial charge in [-0.05, 0) is 29.7 Å². The lowest BCUT2D eigenvalue weighted by Crippen LogP contribution is -2.37. The van der Waals surface area contributed by atoms with Crippen molar-refractivity contribution < 1.29 is 9.68 Å². The van der Waals surface area contributed by atoms with E-state index in [1.165, 1.54) is 16.8 Å². The third kappa shape index (κ3) is 3.01. The second kappa shape index (κ2) is 7.09. The zero-order chi connectivity index (χ0) is 19.1. The molecule has 0 unspecified atom stereocenters. The molecule has 0 spiro atoms. The summed E-state index contributed by atoms with van der Waals surface area (Å²) in [5.41, 5.74) is 10.1. The van der Waals surface area contributed by atoms with Gasteiger partial charge in [0.25, 0.3) is 0 Å². The smallest absolute Gasteiger partial charge is 0.142 e. The summed E-state index contributed by atoms with van der Waals surface area (Å²) in [5.74, 6) is 0. The number of likely N-dealkylation sites (N-methyl/N-ethyl adjacent to an activating group) is 1. The van der Waals surface area contributed by atoms with Gasteiger partial charge in [-0.2, -0.15) is 10.0 Å². The summed E-state index contributed by atoms with van der Waals surface area (Å²) < 4.78 is 7.45. The molecular weight excluding hydrogens is 354 g/mol. The van der Waals surface area contributed by atoms with Gasteiger partial charge in [-0.15, -0.1) is 0 Å². The number of aromatic nitrogens is 2. The van der Waals surface area contributed by atoms with Crippen molar-refractivity contribution in [2.24, 2.45) is 7.05 Å². The number of hydrogen-bond donors (Lipinski definition) is 1. The molecule has 3 aromatic rings. The van der Waals surface area contributed by atoms with E-state index in [-0.39, 0.29) is 0 Å². The lowest BCUT2D eigenvalue weighted by Gasteiger charge is -2.25. The molecule has 1 aromatic carbocycles. The molecular formula is C21H25N5O2. The summed E-state index contributed by atoms with van der Waals surface area (Å²) in [7, 11) is 4.19. The molecule has 28 heavy (non-hydrogen) atoms. The number of nitrogens with zero attached hydrogens (tertiary/aromatic N) is 4. The highest BCUT2D eigenvalue weighted by atomic mass is 16.8. The van der Waals surface area contributed by atoms with Crippen LogP contribution in [0, 0.1) is 0 Å². The molecule has 2 aliphatic rings. The summed E-state index contributed by atoms with van der Waals surface area (Å²) in [6.45, 7) is 3.95. The normalized spacial score (nSPS) is 17.3. The van der Waals surface area contributed by atoms with Crippen molar-refractivity contribution in [3.8, 4) is 11.1 Å². The number of pyridine rings is 1. The molecule has 7 heteroatoms. The number of ether oxygens (including phenoxy) is 1. The molecule has 0 aliphatic carbocycles. The van der Waals surface area contributed by atoms with Crippen molar-refractivity contribution in [2.75, 3.05) is 50.3 Å². The standard InChI is InChI=1S/C21H25N5O2/c1-24-8-6-15-3-4-16(13-19(15)24)17-14-25(2)21-20(17)18(5-7-22-21)23-28-26-9-11-27-12-10-26/h3-5,7,13-14H,6,8-12H2,1-2H3,(H,22,23). The molecule has 2 aromatic heterocycles. The van der Waals surface area contributed by atoms with Crippen molar-refractivity contribution in [1.29, 1.82) is 0 Å². The van der Waals surface area contributed by atoms with E-state index in [4.69, 9.17) is 9.68 Å². The molecule has 0 atom stereocenters. The van der Waals surface area contributed by atoms with Crippen molar-refractivity contribution in [3.63, 3.8) is 0 Å². The van der Waals surface area contributed by atoms with E-state index in [1.807, 2.05) is 24.4 Å². The number of aryl methyl sites for hydroxylation is 1. The molecule has 5 rings (SSSR count). The lowest BCUT2D eigenvalue weighted by molar-refractivity contribution is -0.172. The highest BCUT2D eigenvalue weighted by molar-refractivity contribution is 6.02. The van der Waals surface area contributed by atoms with Crippen LogP contribution in [0.3, 0.4) is 0 Å². The van der Waals surface area contributed by atoms with Gasteiger partial charge >= 0.3 is 0 Å². The molecule has 0 saturated carbocycles. The first kappa shape index (κ1) is 17.5. The van der Waals surface area contributed by atoms with Crippen LogP contribution >= 0.6 is 0 Å². The van der Waals surface area contributed by atoms with Gasteiger partial charge in [-0.25, -0.2) is 10.5 Å². The largest absolute Gasteiger partial charge is 0.379 e. The van der Waals surface area contributed by atoms with Crippen LogP contribution in [-0.2, 0) is 23.1 Å². The average Bonchev–Trinajstić information content (AvgIpc) is 3.27. The first-order valence-electron chi connectivity index (χ1n) is 9.75. The Hall–Kier alpha value is -2.61. The van der Waals surface area contributed by atoms with Crippen LogP contribution in [0.5, 0.6) is 0 Å². The van der Waals surface area contributed by atoms with E-state index in [0.717, 1.165) is 48.3 Å². The van der Waals surface area contributed by atoms with Crippen LogP contribution in [0.25, 0.3) is 22.2 Å². The SMILES string of the molecule is CN1CCc2ccc(-c3cn(C)c4nccc(NON5CCOCC5)c34)cc21. The Labute approximate surface area is 164 Å². The molecule has 7 nitrogen and oxygen atoms in total. The maximum atomic E-state index is 5.83. The van der Waals surface area contributed by atoms with Gasteiger partial charge in [0.2, 0.25) is 0 Å². The summed E-state index contributed by atoms with van der Waals surface area (Å²) in [4.78, 5) is 12.7. The topological polar surface area (TPSA) is 54.8 Å². The monoisotopic (exact) mass is 379 g/mol. The number of anilines is 2. The van der Waals surface area contributed by atoms with Crippen LogP contribution < -0.4 is 10.4 Å². The van der Waals surface area contributed by atoms with E-state index < -0.39 is 0 Å². The highest BCUT2D eigenvalue weighted by Gasteiger charge is 2.20. The Bertz CT molecular complexity index is 1010. The third-order valence-electron chi connectivity index (χ3n) is 5.64. The number of benzene rings is 1. The number of hydrogen-bond acceptors (Lipinski definition) is 6. The Kier molecular flexibility index (Phi) is 4.43. The molecule has 4 heterocycles. The second-order valence-electron chi connectivity index (χ2n) is 7.46. The Morgan fingerprint density at radius 1 is 1.11 bits per heavy atom. The fourth-order valence-corrected chi connectivity index (χ4v) is 4.07. The quantitative estimate of drug-likeness (QED) is 0.704. The average molecular weight is 379 g/mol. The fourth-order valence-electron chi connectivity index (χ4n) is 4.07.